The highest BCUT2D eigenvalue weighted by Crippen LogP contribution is 2.55. The van der Waals surface area contributed by atoms with Crippen LogP contribution in [0.2, 0.25) is 0 Å². The first-order chi connectivity index (χ1) is 16.6. The molecule has 2 amide bonds. The molecule has 2 aliphatic heterocycles. The maximum absolute atomic E-state index is 12.4. The van der Waals surface area contributed by atoms with Gasteiger partial charge in [-0.05, 0) is 68.1 Å². The van der Waals surface area contributed by atoms with Crippen molar-refractivity contribution in [3.63, 3.8) is 0 Å². The van der Waals surface area contributed by atoms with Gasteiger partial charge in [-0.15, -0.1) is 22.0 Å². The summed E-state index contributed by atoms with van der Waals surface area (Å²) in [6, 6.07) is 7.18. The molecule has 2 atom stereocenters. The van der Waals surface area contributed by atoms with Crippen molar-refractivity contribution >= 4 is 41.2 Å². The van der Waals surface area contributed by atoms with Crippen molar-refractivity contribution in [2.75, 3.05) is 5.75 Å². The molecule has 1 aromatic heterocycles. The fourth-order valence-electron chi connectivity index (χ4n) is 4.81. The number of amides is 2. The molecule has 10 heteroatoms. The van der Waals surface area contributed by atoms with E-state index in [2.05, 4.69) is 25.6 Å². The number of hydrogen-bond donors (Lipinski definition) is 2. The van der Waals surface area contributed by atoms with E-state index >= 15 is 0 Å². The van der Waals surface area contributed by atoms with Gasteiger partial charge < -0.3 is 0 Å². The summed E-state index contributed by atoms with van der Waals surface area (Å²) in [5, 5.41) is 9.98. The molecule has 2 N–H and O–H groups in total. The Morgan fingerprint density at radius 2 is 1.91 bits per heavy atom. The van der Waals surface area contributed by atoms with E-state index < -0.39 is 0 Å². The number of rotatable bonds is 5. The number of aryl methyl sites for hydroxylation is 1. The van der Waals surface area contributed by atoms with Crippen LogP contribution in [-0.4, -0.2) is 43.5 Å². The van der Waals surface area contributed by atoms with Crippen molar-refractivity contribution in [3.05, 3.63) is 51.7 Å². The fourth-order valence-corrected chi connectivity index (χ4v) is 7.08. The summed E-state index contributed by atoms with van der Waals surface area (Å²) in [5.41, 5.74) is 8.05. The van der Waals surface area contributed by atoms with Crippen molar-refractivity contribution in [1.29, 1.82) is 0 Å². The number of hydrogen-bond acceptors (Lipinski definition) is 7. The SMILES string of the molecule is Cc1ccc(C(=O)NNC(=O)CSc2nnc3n2C(C2CC2)=NC2SC4=C(CCCC4)C32)cc1. The van der Waals surface area contributed by atoms with E-state index in [1.807, 2.05) is 30.8 Å². The van der Waals surface area contributed by atoms with E-state index in [1.165, 1.54) is 35.1 Å². The first-order valence-corrected chi connectivity index (χ1v) is 13.7. The number of thioether (sulfide) groups is 2. The lowest BCUT2D eigenvalue weighted by Gasteiger charge is -2.27. The van der Waals surface area contributed by atoms with Gasteiger partial charge in [-0.25, -0.2) is 0 Å². The molecular formula is C24H26N6O2S2. The molecule has 2 aromatic rings. The summed E-state index contributed by atoms with van der Waals surface area (Å²) in [6.45, 7) is 1.96. The van der Waals surface area contributed by atoms with E-state index in [1.54, 1.807) is 12.1 Å². The Balaban J connectivity index is 1.15. The molecule has 176 valence electrons. The third-order valence-electron chi connectivity index (χ3n) is 6.71. The number of allylic oxidation sites excluding steroid dienone is 1. The Labute approximate surface area is 206 Å². The quantitative estimate of drug-likeness (QED) is 0.484. The van der Waals surface area contributed by atoms with E-state index in [0.717, 1.165) is 42.9 Å². The maximum atomic E-state index is 12.4. The highest BCUT2D eigenvalue weighted by atomic mass is 32.2. The summed E-state index contributed by atoms with van der Waals surface area (Å²) in [6.07, 6.45) is 7.05. The summed E-state index contributed by atoms with van der Waals surface area (Å²) in [5.74, 6) is 2.18. The number of fused-ring (bicyclic) bond motifs is 4. The third-order valence-corrected chi connectivity index (χ3v) is 9.01. The molecule has 1 saturated carbocycles. The van der Waals surface area contributed by atoms with Crippen LogP contribution in [0.25, 0.3) is 0 Å². The first-order valence-electron chi connectivity index (χ1n) is 11.8. The van der Waals surface area contributed by atoms with Gasteiger partial charge in [-0.3, -0.25) is 30.0 Å². The van der Waals surface area contributed by atoms with Gasteiger partial charge in [0.2, 0.25) is 5.91 Å². The van der Waals surface area contributed by atoms with Gasteiger partial charge >= 0.3 is 0 Å². The second-order valence-corrected chi connectivity index (χ2v) is 11.4. The number of carbonyl (C=O) groups excluding carboxylic acids is 2. The highest BCUT2D eigenvalue weighted by molar-refractivity contribution is 8.04. The number of benzene rings is 1. The van der Waals surface area contributed by atoms with Crippen LogP contribution < -0.4 is 10.9 Å². The zero-order chi connectivity index (χ0) is 23.2. The van der Waals surface area contributed by atoms with Crippen molar-refractivity contribution in [2.45, 2.75) is 61.9 Å². The predicted molar refractivity (Wildman–Crippen MR) is 133 cm³/mol. The van der Waals surface area contributed by atoms with E-state index in [-0.39, 0.29) is 28.9 Å². The second-order valence-electron chi connectivity index (χ2n) is 9.24. The molecule has 0 bridgehead atoms. The lowest BCUT2D eigenvalue weighted by atomic mass is 9.88. The van der Waals surface area contributed by atoms with Crippen LogP contribution in [0, 0.1) is 12.8 Å². The van der Waals surface area contributed by atoms with Gasteiger partial charge in [-0.1, -0.05) is 29.5 Å². The zero-order valence-electron chi connectivity index (χ0n) is 18.9. The third kappa shape index (κ3) is 4.07. The predicted octanol–water partition coefficient (Wildman–Crippen LogP) is 3.79. The van der Waals surface area contributed by atoms with Gasteiger partial charge in [0, 0.05) is 11.5 Å². The standard InChI is InChI=1S/C24H26N6O2S2/c1-13-6-8-15(9-7-13)22(32)28-26-18(31)12-33-24-29-27-21-19-16-4-2-3-5-17(16)34-23(19)25-20(30(21)24)14-10-11-14/h6-9,14,19,23H,2-5,10-12H2,1H3,(H,26,31)(H,28,32). The summed E-state index contributed by atoms with van der Waals surface area (Å²) in [7, 11) is 0. The maximum Gasteiger partial charge on any atom is 0.269 e. The fraction of sp³-hybridized carbons (Fsp3) is 0.458. The molecular weight excluding hydrogens is 468 g/mol. The molecule has 8 nitrogen and oxygen atoms in total. The highest BCUT2D eigenvalue weighted by Gasteiger charge is 2.46. The Bertz CT molecular complexity index is 1210. The van der Waals surface area contributed by atoms with E-state index in [0.29, 0.717) is 16.6 Å². The van der Waals surface area contributed by atoms with Crippen LogP contribution in [0.4, 0.5) is 0 Å². The molecule has 0 radical (unpaired) electrons. The van der Waals surface area contributed by atoms with Crippen LogP contribution in [-0.2, 0) is 4.79 Å². The normalized spacial score (nSPS) is 23.0. The van der Waals surface area contributed by atoms with Crippen LogP contribution >= 0.6 is 23.5 Å². The van der Waals surface area contributed by atoms with Gasteiger partial charge in [0.05, 0.1) is 11.7 Å². The number of carbonyl (C=O) groups is 2. The molecule has 1 fully saturated rings. The monoisotopic (exact) mass is 494 g/mol. The molecule has 3 heterocycles. The zero-order valence-corrected chi connectivity index (χ0v) is 20.5. The number of nitrogens with one attached hydrogen (secondary N) is 2. The molecule has 6 rings (SSSR count). The van der Waals surface area contributed by atoms with Gasteiger partial charge in [0.15, 0.2) is 5.16 Å². The van der Waals surface area contributed by atoms with E-state index in [9.17, 15) is 9.59 Å². The lowest BCUT2D eigenvalue weighted by molar-refractivity contribution is -0.119. The molecule has 0 saturated heterocycles. The van der Waals surface area contributed by atoms with Gasteiger partial charge in [0.1, 0.15) is 17.0 Å². The summed E-state index contributed by atoms with van der Waals surface area (Å²) in [4.78, 5) is 31.4. The van der Waals surface area contributed by atoms with Gasteiger partial charge in [0.25, 0.3) is 5.91 Å². The molecule has 4 aliphatic rings. The van der Waals surface area contributed by atoms with Crippen LogP contribution in [0.3, 0.4) is 0 Å². The average molecular weight is 495 g/mol. The van der Waals surface area contributed by atoms with Crippen molar-refractivity contribution in [3.8, 4) is 0 Å². The van der Waals surface area contributed by atoms with Gasteiger partial charge in [-0.2, -0.15) is 0 Å². The number of nitrogens with zero attached hydrogens (tertiary/aromatic N) is 4. The minimum atomic E-state index is -0.345. The van der Waals surface area contributed by atoms with E-state index in [4.69, 9.17) is 4.99 Å². The van der Waals surface area contributed by atoms with Crippen molar-refractivity contribution in [2.24, 2.45) is 10.9 Å². The second kappa shape index (κ2) is 8.88. The smallest absolute Gasteiger partial charge is 0.269 e. The Hall–Kier alpha value is -2.59. The molecule has 34 heavy (non-hydrogen) atoms. The first kappa shape index (κ1) is 21.9. The number of hydrazine groups is 1. The number of aliphatic imine (C=N–C) groups is 1. The van der Waals surface area contributed by atoms with Crippen LogP contribution in [0.15, 0.2) is 44.9 Å². The molecule has 2 unspecified atom stereocenters. The average Bonchev–Trinajstić information content (AvgIpc) is 3.50. The Morgan fingerprint density at radius 1 is 1.12 bits per heavy atom. The van der Waals surface area contributed by atoms with Crippen molar-refractivity contribution < 1.29 is 9.59 Å². The topological polar surface area (TPSA) is 101 Å². The molecule has 1 aromatic carbocycles. The lowest BCUT2D eigenvalue weighted by Crippen LogP contribution is -2.42. The van der Waals surface area contributed by atoms with Crippen LogP contribution in [0.1, 0.15) is 66.2 Å². The minimum absolute atomic E-state index is 0.126. The molecule has 2 aliphatic carbocycles. The number of aromatic nitrogens is 3. The van der Waals surface area contributed by atoms with Crippen LogP contribution in [0.5, 0.6) is 0 Å². The summed E-state index contributed by atoms with van der Waals surface area (Å²) >= 11 is 3.26. The largest absolute Gasteiger partial charge is 0.272 e. The Kier molecular flexibility index (Phi) is 5.73. The van der Waals surface area contributed by atoms with Crippen molar-refractivity contribution in [1.82, 2.24) is 25.6 Å². The minimum Gasteiger partial charge on any atom is -0.272 e. The molecule has 0 spiro atoms. The Morgan fingerprint density at radius 3 is 2.71 bits per heavy atom. The summed E-state index contributed by atoms with van der Waals surface area (Å²) < 4.78 is 2.12.